The number of benzene rings is 3. The summed E-state index contributed by atoms with van der Waals surface area (Å²) >= 11 is 0. The minimum Gasteiger partial charge on any atom is -0.366 e. The van der Waals surface area contributed by atoms with E-state index in [9.17, 15) is 0 Å². The summed E-state index contributed by atoms with van der Waals surface area (Å²) in [6.07, 6.45) is 4.37. The maximum absolute atomic E-state index is 4.60. The first kappa shape index (κ1) is 25.0. The van der Waals surface area contributed by atoms with Crippen LogP contribution in [0.25, 0.3) is 21.9 Å². The van der Waals surface area contributed by atoms with Crippen LogP contribution >= 0.6 is 12.4 Å². The van der Waals surface area contributed by atoms with Gasteiger partial charge in [0.25, 0.3) is 0 Å². The number of aromatic nitrogens is 4. The topological polar surface area (TPSA) is 70.9 Å². The predicted molar refractivity (Wildman–Crippen MR) is 154 cm³/mol. The summed E-state index contributed by atoms with van der Waals surface area (Å²) < 4.78 is 2.05. The highest BCUT2D eigenvalue weighted by Crippen LogP contribution is 2.29. The first-order chi connectivity index (χ1) is 17.5. The minimum atomic E-state index is 0. The summed E-state index contributed by atoms with van der Waals surface area (Å²) in [4.78, 5) is 16.1. The second-order valence-corrected chi connectivity index (χ2v) is 9.79. The molecule has 1 fully saturated rings. The molecule has 1 unspecified atom stereocenters. The maximum atomic E-state index is 4.60. The molecule has 1 atom stereocenters. The number of halogens is 1. The predicted octanol–water partition coefficient (Wildman–Crippen LogP) is 5.38. The molecule has 1 aliphatic heterocycles. The van der Waals surface area contributed by atoms with Crippen molar-refractivity contribution in [2.24, 2.45) is 7.05 Å². The van der Waals surface area contributed by atoms with Gasteiger partial charge in [0.1, 0.15) is 12.1 Å². The Morgan fingerprint density at radius 2 is 1.89 bits per heavy atom. The molecule has 3 aromatic carbocycles. The van der Waals surface area contributed by atoms with Gasteiger partial charge in [-0.25, -0.2) is 15.0 Å². The summed E-state index contributed by atoms with van der Waals surface area (Å²) in [5.41, 5.74) is 9.19. The Hall–Kier alpha value is -3.68. The van der Waals surface area contributed by atoms with Crippen LogP contribution in [0.5, 0.6) is 0 Å². The second-order valence-electron chi connectivity index (χ2n) is 9.79. The number of imidazole rings is 1. The van der Waals surface area contributed by atoms with E-state index in [0.717, 1.165) is 59.5 Å². The van der Waals surface area contributed by atoms with Crippen LogP contribution in [0.1, 0.15) is 23.6 Å². The van der Waals surface area contributed by atoms with E-state index in [1.54, 1.807) is 6.33 Å². The van der Waals surface area contributed by atoms with Crippen LogP contribution in [0.2, 0.25) is 0 Å². The first-order valence-corrected chi connectivity index (χ1v) is 12.5. The fraction of sp³-hybridized carbons (Fsp3) is 0.276. The smallest absolute Gasteiger partial charge is 0.141 e. The van der Waals surface area contributed by atoms with Gasteiger partial charge in [-0.1, -0.05) is 12.1 Å². The normalized spacial score (nSPS) is 15.6. The molecule has 3 heterocycles. The third kappa shape index (κ3) is 4.97. The fourth-order valence-corrected chi connectivity index (χ4v) is 5.17. The summed E-state index contributed by atoms with van der Waals surface area (Å²) in [6.45, 7) is 7.42. The molecule has 1 aliphatic rings. The molecule has 0 spiro atoms. The molecule has 190 valence electrons. The van der Waals surface area contributed by atoms with Gasteiger partial charge in [-0.15, -0.1) is 12.4 Å². The Balaban J connectivity index is 0.00000280. The highest BCUT2D eigenvalue weighted by molar-refractivity contribution is 5.93. The number of hydrogen-bond donors (Lipinski definition) is 2. The lowest BCUT2D eigenvalue weighted by molar-refractivity contribution is 0.501. The lowest BCUT2D eigenvalue weighted by atomic mass is 9.99. The molecule has 37 heavy (non-hydrogen) atoms. The molecule has 6 rings (SSSR count). The molecular formula is C29H32ClN7. The summed E-state index contributed by atoms with van der Waals surface area (Å²) in [6, 6.07) is 20.0. The van der Waals surface area contributed by atoms with Gasteiger partial charge < -0.3 is 20.1 Å². The van der Waals surface area contributed by atoms with Gasteiger partial charge in [-0.3, -0.25) is 0 Å². The van der Waals surface area contributed by atoms with Crippen LogP contribution in [0, 0.1) is 6.92 Å². The van der Waals surface area contributed by atoms with Gasteiger partial charge in [0, 0.05) is 49.5 Å². The quantitative estimate of drug-likeness (QED) is 0.329. The average molecular weight is 514 g/mol. The fourth-order valence-electron chi connectivity index (χ4n) is 5.17. The van der Waals surface area contributed by atoms with Crippen molar-refractivity contribution in [3.63, 3.8) is 0 Å². The van der Waals surface area contributed by atoms with Crippen molar-refractivity contribution in [3.05, 3.63) is 83.9 Å². The van der Waals surface area contributed by atoms with E-state index in [2.05, 4.69) is 103 Å². The summed E-state index contributed by atoms with van der Waals surface area (Å²) in [7, 11) is 2.03. The molecule has 2 aromatic heterocycles. The van der Waals surface area contributed by atoms with Gasteiger partial charge >= 0.3 is 0 Å². The van der Waals surface area contributed by atoms with E-state index in [-0.39, 0.29) is 12.4 Å². The number of aryl methyl sites for hydroxylation is 2. The van der Waals surface area contributed by atoms with Gasteiger partial charge in [0.15, 0.2) is 0 Å². The molecule has 0 amide bonds. The van der Waals surface area contributed by atoms with E-state index >= 15 is 0 Å². The van der Waals surface area contributed by atoms with Crippen LogP contribution < -0.4 is 15.5 Å². The number of nitrogens with one attached hydrogen (secondary N) is 2. The van der Waals surface area contributed by atoms with Crippen molar-refractivity contribution >= 4 is 51.5 Å². The first-order valence-electron chi connectivity index (χ1n) is 12.5. The lowest BCUT2D eigenvalue weighted by Crippen LogP contribution is -2.49. The highest BCUT2D eigenvalue weighted by atomic mass is 35.5. The number of hydrogen-bond acceptors (Lipinski definition) is 6. The van der Waals surface area contributed by atoms with Crippen molar-refractivity contribution in [2.45, 2.75) is 26.3 Å². The zero-order chi connectivity index (χ0) is 24.6. The molecule has 1 saturated heterocycles. The van der Waals surface area contributed by atoms with E-state index < -0.39 is 0 Å². The van der Waals surface area contributed by atoms with E-state index in [1.807, 2.05) is 13.4 Å². The summed E-state index contributed by atoms with van der Waals surface area (Å²) in [5.74, 6) is 0.831. The van der Waals surface area contributed by atoms with E-state index in [1.165, 1.54) is 22.4 Å². The number of nitrogens with zero attached hydrogens (tertiary/aromatic N) is 5. The number of anilines is 3. The third-order valence-electron chi connectivity index (χ3n) is 7.24. The van der Waals surface area contributed by atoms with Crippen LogP contribution in [-0.4, -0.2) is 45.2 Å². The van der Waals surface area contributed by atoms with Gasteiger partial charge in [0.05, 0.1) is 22.9 Å². The lowest BCUT2D eigenvalue weighted by Gasteiger charge is -2.36. The second kappa shape index (κ2) is 10.4. The minimum absolute atomic E-state index is 0. The zero-order valence-corrected chi connectivity index (χ0v) is 22.2. The summed E-state index contributed by atoms with van der Waals surface area (Å²) in [5, 5.41) is 8.05. The monoisotopic (exact) mass is 513 g/mol. The number of piperazine rings is 1. The van der Waals surface area contributed by atoms with Crippen molar-refractivity contribution < 1.29 is 0 Å². The molecule has 0 radical (unpaired) electrons. The molecule has 8 heteroatoms. The van der Waals surface area contributed by atoms with Gasteiger partial charge in [-0.05, 0) is 79.4 Å². The Labute approximate surface area is 223 Å². The largest absolute Gasteiger partial charge is 0.366 e. The van der Waals surface area contributed by atoms with Crippen molar-refractivity contribution in [1.29, 1.82) is 0 Å². The third-order valence-corrected chi connectivity index (χ3v) is 7.24. The molecule has 2 N–H and O–H groups in total. The van der Waals surface area contributed by atoms with Crippen LogP contribution in [0.3, 0.4) is 0 Å². The highest BCUT2D eigenvalue weighted by Gasteiger charge is 2.19. The molecule has 5 aromatic rings. The standard InChI is InChI=1S/C29H31N7.ClH/c1-19-12-23(6-5-22(19)13-21-4-9-28-27(14-21)33-18-35(28)3)34-29-25-15-24(7-8-26(25)31-17-32-29)36-11-10-30-16-20(36)2;/h4-9,12,14-15,17-18,20,30H,10-11,13,16H2,1-3H3,(H,31,32,34);1H. The Morgan fingerprint density at radius 3 is 2.73 bits per heavy atom. The van der Waals surface area contributed by atoms with Gasteiger partial charge in [-0.2, -0.15) is 0 Å². The van der Waals surface area contributed by atoms with Crippen LogP contribution in [0.4, 0.5) is 17.2 Å². The number of rotatable bonds is 5. The van der Waals surface area contributed by atoms with Crippen molar-refractivity contribution in [1.82, 2.24) is 24.8 Å². The van der Waals surface area contributed by atoms with Gasteiger partial charge in [0.2, 0.25) is 0 Å². The van der Waals surface area contributed by atoms with Crippen LogP contribution in [-0.2, 0) is 13.5 Å². The Kier molecular flexibility index (Phi) is 7.00. The van der Waals surface area contributed by atoms with E-state index in [0.29, 0.717) is 6.04 Å². The Morgan fingerprint density at radius 1 is 1.00 bits per heavy atom. The molecular weight excluding hydrogens is 482 g/mol. The van der Waals surface area contributed by atoms with Crippen LogP contribution in [0.15, 0.2) is 67.3 Å². The zero-order valence-electron chi connectivity index (χ0n) is 21.4. The van der Waals surface area contributed by atoms with E-state index in [4.69, 9.17) is 0 Å². The van der Waals surface area contributed by atoms with Crippen molar-refractivity contribution in [3.8, 4) is 0 Å². The molecule has 0 saturated carbocycles. The molecule has 0 bridgehead atoms. The molecule has 0 aliphatic carbocycles. The average Bonchev–Trinajstić information content (AvgIpc) is 3.26. The van der Waals surface area contributed by atoms with Crippen molar-refractivity contribution in [2.75, 3.05) is 29.9 Å². The SMILES string of the molecule is Cc1cc(Nc2ncnc3ccc(N4CCNCC4C)cc23)ccc1Cc1ccc2c(c1)ncn2C.Cl. The number of fused-ring (bicyclic) bond motifs is 2. The maximum Gasteiger partial charge on any atom is 0.141 e. The Bertz CT molecular complexity index is 1560. The molecule has 7 nitrogen and oxygen atoms in total.